The third kappa shape index (κ3) is 3.82. The van der Waals surface area contributed by atoms with Crippen LogP contribution in [0, 0.1) is 0 Å². The lowest BCUT2D eigenvalue weighted by molar-refractivity contribution is 0.249. The van der Waals surface area contributed by atoms with Gasteiger partial charge in [-0.05, 0) is 29.3 Å². The van der Waals surface area contributed by atoms with Crippen molar-refractivity contribution in [2.75, 3.05) is 45.3 Å². The van der Waals surface area contributed by atoms with Crippen molar-refractivity contribution in [1.82, 2.24) is 29.5 Å². The minimum Gasteiger partial charge on any atom is -0.493 e. The number of hydrogen-bond donors (Lipinski definition) is 0. The fourth-order valence-corrected chi connectivity index (χ4v) is 4.15. The summed E-state index contributed by atoms with van der Waals surface area (Å²) < 4.78 is 12.7. The van der Waals surface area contributed by atoms with E-state index in [1.165, 1.54) is 5.56 Å². The number of pyridine rings is 1. The van der Waals surface area contributed by atoms with E-state index in [-0.39, 0.29) is 0 Å². The Balaban J connectivity index is 1.46. The zero-order valence-electron chi connectivity index (χ0n) is 18.2. The quantitative estimate of drug-likeness (QED) is 0.461. The molecule has 0 saturated carbocycles. The summed E-state index contributed by atoms with van der Waals surface area (Å²) in [7, 11) is 3.28. The fourth-order valence-electron chi connectivity index (χ4n) is 4.15. The van der Waals surface area contributed by atoms with E-state index >= 15 is 0 Å². The van der Waals surface area contributed by atoms with Crippen molar-refractivity contribution in [3.63, 3.8) is 0 Å². The Kier molecular flexibility index (Phi) is 5.55. The summed E-state index contributed by atoms with van der Waals surface area (Å²) in [5.74, 6) is 2.94. The van der Waals surface area contributed by atoms with Crippen molar-refractivity contribution < 1.29 is 9.47 Å². The maximum absolute atomic E-state index is 5.52. The van der Waals surface area contributed by atoms with Crippen LogP contribution in [0.3, 0.4) is 0 Å². The van der Waals surface area contributed by atoms with Gasteiger partial charge in [0.15, 0.2) is 11.5 Å². The van der Waals surface area contributed by atoms with Gasteiger partial charge in [-0.3, -0.25) is 9.88 Å². The van der Waals surface area contributed by atoms with E-state index in [0.29, 0.717) is 17.3 Å². The molecule has 0 radical (unpaired) electrons. The van der Waals surface area contributed by atoms with E-state index in [2.05, 4.69) is 35.9 Å². The van der Waals surface area contributed by atoms with Crippen LogP contribution in [0.15, 0.2) is 55.2 Å². The molecule has 164 valence electrons. The number of anilines is 1. The number of piperazine rings is 1. The smallest absolute Gasteiger partial charge is 0.254 e. The third-order valence-electron chi connectivity index (χ3n) is 5.78. The summed E-state index contributed by atoms with van der Waals surface area (Å²) in [5.41, 5.74) is 3.19. The summed E-state index contributed by atoms with van der Waals surface area (Å²) in [5, 5.41) is 4.47. The van der Waals surface area contributed by atoms with E-state index in [9.17, 15) is 0 Å². The molecule has 4 heterocycles. The molecule has 4 aromatic rings. The van der Waals surface area contributed by atoms with E-state index in [4.69, 9.17) is 9.47 Å². The number of benzene rings is 1. The van der Waals surface area contributed by atoms with Crippen LogP contribution in [0.5, 0.6) is 11.5 Å². The highest BCUT2D eigenvalue weighted by Gasteiger charge is 2.24. The second-order valence-electron chi connectivity index (χ2n) is 7.66. The van der Waals surface area contributed by atoms with E-state index in [1.54, 1.807) is 20.5 Å². The van der Waals surface area contributed by atoms with Gasteiger partial charge in [0.1, 0.15) is 12.1 Å². The first-order valence-electron chi connectivity index (χ1n) is 10.5. The number of methoxy groups -OCH3 is 2. The van der Waals surface area contributed by atoms with Crippen molar-refractivity contribution in [1.29, 1.82) is 0 Å². The molecule has 1 aromatic carbocycles. The molecule has 1 fully saturated rings. The second-order valence-corrected chi connectivity index (χ2v) is 7.66. The summed E-state index contributed by atoms with van der Waals surface area (Å²) in [4.78, 5) is 17.8. The zero-order valence-corrected chi connectivity index (χ0v) is 18.2. The predicted molar refractivity (Wildman–Crippen MR) is 121 cm³/mol. The van der Waals surface area contributed by atoms with Crippen molar-refractivity contribution >= 4 is 11.6 Å². The molecule has 1 aliphatic heterocycles. The first-order valence-corrected chi connectivity index (χ1v) is 10.5. The monoisotopic (exact) mass is 431 g/mol. The van der Waals surface area contributed by atoms with Gasteiger partial charge >= 0.3 is 0 Å². The van der Waals surface area contributed by atoms with Crippen LogP contribution in [-0.4, -0.2) is 69.9 Å². The van der Waals surface area contributed by atoms with E-state index < -0.39 is 0 Å². The molecule has 0 atom stereocenters. The Morgan fingerprint density at radius 2 is 1.78 bits per heavy atom. The Labute approximate surface area is 186 Å². The maximum atomic E-state index is 5.52. The summed E-state index contributed by atoms with van der Waals surface area (Å²) in [6, 6.07) is 10.0. The largest absolute Gasteiger partial charge is 0.493 e. The molecule has 0 unspecified atom stereocenters. The first-order chi connectivity index (χ1) is 15.8. The van der Waals surface area contributed by atoms with Crippen LogP contribution in [0.4, 0.5) is 5.82 Å². The molecule has 3 aromatic heterocycles. The van der Waals surface area contributed by atoms with Crippen LogP contribution >= 0.6 is 0 Å². The van der Waals surface area contributed by atoms with Gasteiger partial charge in [-0.1, -0.05) is 12.1 Å². The molecule has 32 heavy (non-hydrogen) atoms. The van der Waals surface area contributed by atoms with Crippen molar-refractivity contribution in [2.24, 2.45) is 0 Å². The van der Waals surface area contributed by atoms with Crippen molar-refractivity contribution in [3.8, 4) is 22.6 Å². The third-order valence-corrected chi connectivity index (χ3v) is 5.78. The van der Waals surface area contributed by atoms with E-state index in [1.807, 2.05) is 47.4 Å². The van der Waals surface area contributed by atoms with Gasteiger partial charge < -0.3 is 14.4 Å². The number of hydrogen-bond acceptors (Lipinski definition) is 8. The van der Waals surface area contributed by atoms with Gasteiger partial charge in [-0.2, -0.15) is 14.6 Å². The Morgan fingerprint density at radius 3 is 2.53 bits per heavy atom. The molecule has 0 N–H and O–H groups in total. The van der Waals surface area contributed by atoms with Crippen LogP contribution in [0.2, 0.25) is 0 Å². The van der Waals surface area contributed by atoms with Crippen molar-refractivity contribution in [3.05, 3.63) is 60.8 Å². The highest BCUT2D eigenvalue weighted by Crippen LogP contribution is 2.36. The SMILES string of the molecule is COc1ccc(-c2cnc3ncnn3c2N2CCN(Cc3cccnc3)CC2)cc1OC. The van der Waals surface area contributed by atoms with Crippen LogP contribution in [-0.2, 0) is 6.54 Å². The first kappa shape index (κ1) is 20.2. The van der Waals surface area contributed by atoms with Crippen LogP contribution in [0.1, 0.15) is 5.56 Å². The molecule has 1 saturated heterocycles. The fraction of sp³-hybridized carbons (Fsp3) is 0.304. The standard InChI is InChI=1S/C23H25N7O2/c1-31-20-6-5-18(12-21(20)32-2)19-14-25-23-26-16-27-30(23)22(19)29-10-8-28(9-11-29)15-17-4-3-7-24-13-17/h3-7,12-14,16H,8-11,15H2,1-2H3. The zero-order chi connectivity index (χ0) is 21.9. The summed E-state index contributed by atoms with van der Waals surface area (Å²) in [6.07, 6.45) is 7.15. The molecular weight excluding hydrogens is 406 g/mol. The van der Waals surface area contributed by atoms with Crippen LogP contribution < -0.4 is 14.4 Å². The lowest BCUT2D eigenvalue weighted by Gasteiger charge is -2.36. The Hall–Kier alpha value is -3.72. The number of aromatic nitrogens is 5. The summed E-state index contributed by atoms with van der Waals surface area (Å²) >= 11 is 0. The minimum absolute atomic E-state index is 0.585. The van der Waals surface area contributed by atoms with Gasteiger partial charge in [0.25, 0.3) is 5.78 Å². The van der Waals surface area contributed by atoms with Gasteiger partial charge in [-0.15, -0.1) is 0 Å². The molecule has 0 aliphatic carbocycles. The molecule has 5 rings (SSSR count). The maximum Gasteiger partial charge on any atom is 0.254 e. The average Bonchev–Trinajstić information content (AvgIpc) is 3.33. The number of fused-ring (bicyclic) bond motifs is 1. The van der Waals surface area contributed by atoms with Crippen LogP contribution in [0.25, 0.3) is 16.9 Å². The minimum atomic E-state index is 0.585. The average molecular weight is 432 g/mol. The van der Waals surface area contributed by atoms with Gasteiger partial charge in [0.2, 0.25) is 0 Å². The predicted octanol–water partition coefficient (Wildman–Crippen LogP) is 2.53. The number of rotatable bonds is 6. The number of nitrogens with zero attached hydrogens (tertiary/aromatic N) is 7. The highest BCUT2D eigenvalue weighted by molar-refractivity contribution is 5.78. The normalized spacial score (nSPS) is 14.6. The topological polar surface area (TPSA) is 80.9 Å². The Morgan fingerprint density at radius 1 is 0.938 bits per heavy atom. The van der Waals surface area contributed by atoms with E-state index in [0.717, 1.165) is 49.7 Å². The van der Waals surface area contributed by atoms with Gasteiger partial charge in [-0.25, -0.2) is 4.98 Å². The second kappa shape index (κ2) is 8.80. The molecule has 9 heteroatoms. The van der Waals surface area contributed by atoms with Gasteiger partial charge in [0.05, 0.1) is 14.2 Å². The molecule has 9 nitrogen and oxygen atoms in total. The Bertz CT molecular complexity index is 1200. The van der Waals surface area contributed by atoms with Crippen molar-refractivity contribution in [2.45, 2.75) is 6.54 Å². The lowest BCUT2D eigenvalue weighted by Crippen LogP contribution is -2.46. The molecule has 0 spiro atoms. The molecular formula is C23H25N7O2. The number of ether oxygens (including phenoxy) is 2. The lowest BCUT2D eigenvalue weighted by atomic mass is 10.1. The van der Waals surface area contributed by atoms with Gasteiger partial charge in [0, 0.05) is 56.9 Å². The highest BCUT2D eigenvalue weighted by atomic mass is 16.5. The molecule has 0 bridgehead atoms. The molecule has 0 amide bonds. The summed E-state index contributed by atoms with van der Waals surface area (Å²) in [6.45, 7) is 4.54. The molecule has 1 aliphatic rings.